The van der Waals surface area contributed by atoms with E-state index in [0.29, 0.717) is 11.1 Å². The zero-order valence-corrected chi connectivity index (χ0v) is 14.4. The lowest BCUT2D eigenvalue weighted by Gasteiger charge is -2.03. The van der Waals surface area contributed by atoms with E-state index in [0.717, 1.165) is 38.5 Å². The fraction of sp³-hybridized carbons (Fsp3) is 0.444. The Kier molecular flexibility index (Phi) is 9.76. The number of nitrogens with one attached hydrogen (secondary N) is 2. The second kappa shape index (κ2) is 12.0. The van der Waals surface area contributed by atoms with Crippen LogP contribution in [0.2, 0.25) is 0 Å². The summed E-state index contributed by atoms with van der Waals surface area (Å²) in [5, 5.41) is 7.78. The minimum atomic E-state index is -0.344. The van der Waals surface area contributed by atoms with Crippen LogP contribution in [0.3, 0.4) is 0 Å². The molecule has 1 aromatic rings. The van der Waals surface area contributed by atoms with Crippen LogP contribution in [0.5, 0.6) is 0 Å². The summed E-state index contributed by atoms with van der Waals surface area (Å²) < 4.78 is 0. The van der Waals surface area contributed by atoms with Gasteiger partial charge in [-0.2, -0.15) is 10.2 Å². The number of carbonyl (C=O) groups is 2. The van der Waals surface area contributed by atoms with E-state index >= 15 is 0 Å². The van der Waals surface area contributed by atoms with Crippen LogP contribution in [0.4, 0.5) is 0 Å². The van der Waals surface area contributed by atoms with Crippen molar-refractivity contribution < 1.29 is 9.59 Å². The first kappa shape index (κ1) is 19.5. The quantitative estimate of drug-likeness (QED) is 0.391. The predicted octanol–water partition coefficient (Wildman–Crippen LogP) is 3.50. The molecule has 0 fully saturated rings. The van der Waals surface area contributed by atoms with Gasteiger partial charge < -0.3 is 0 Å². The molecule has 2 N–H and O–H groups in total. The molecule has 0 bridgehead atoms. The zero-order chi connectivity index (χ0) is 17.6. The largest absolute Gasteiger partial charge is 0.271 e. The highest BCUT2D eigenvalue weighted by atomic mass is 16.2. The molecule has 0 heterocycles. The van der Waals surface area contributed by atoms with E-state index in [1.165, 1.54) is 6.07 Å². The van der Waals surface area contributed by atoms with Crippen LogP contribution in [0, 0.1) is 0 Å². The minimum Gasteiger partial charge on any atom is -0.267 e. The summed E-state index contributed by atoms with van der Waals surface area (Å²) in [6, 6.07) is 6.45. The third kappa shape index (κ3) is 7.67. The van der Waals surface area contributed by atoms with Gasteiger partial charge >= 0.3 is 0 Å². The van der Waals surface area contributed by atoms with Gasteiger partial charge in [-0.15, -0.1) is 0 Å². The van der Waals surface area contributed by atoms with E-state index in [2.05, 4.69) is 34.9 Å². The van der Waals surface area contributed by atoms with Crippen molar-refractivity contribution in [2.45, 2.75) is 52.4 Å². The maximum atomic E-state index is 12.0. The molecule has 0 aliphatic rings. The summed E-state index contributed by atoms with van der Waals surface area (Å²) in [4.78, 5) is 24.0. The third-order valence-electron chi connectivity index (χ3n) is 3.28. The second-order valence-corrected chi connectivity index (χ2v) is 5.37. The molecule has 0 aliphatic heterocycles. The van der Waals surface area contributed by atoms with Gasteiger partial charge in [0, 0.05) is 23.6 Å². The third-order valence-corrected chi connectivity index (χ3v) is 3.28. The number of unbranched alkanes of at least 4 members (excludes halogenated alkanes) is 4. The molecular formula is C18H26N4O2. The van der Waals surface area contributed by atoms with Gasteiger partial charge in [0.05, 0.1) is 0 Å². The molecule has 130 valence electrons. The summed E-state index contributed by atoms with van der Waals surface area (Å²) in [5.41, 5.74) is 5.68. The van der Waals surface area contributed by atoms with Crippen molar-refractivity contribution in [1.82, 2.24) is 10.9 Å². The van der Waals surface area contributed by atoms with Gasteiger partial charge in [-0.1, -0.05) is 32.8 Å². The number of hydrazone groups is 2. The SMILES string of the molecule is CCCC/C=N/NC(=O)c1cccc(C(=O)N/N=C/CCCC)c1. The molecule has 0 aliphatic carbocycles. The van der Waals surface area contributed by atoms with Crippen LogP contribution in [-0.4, -0.2) is 24.2 Å². The van der Waals surface area contributed by atoms with Crippen LogP contribution in [0.15, 0.2) is 34.5 Å². The zero-order valence-electron chi connectivity index (χ0n) is 14.4. The maximum absolute atomic E-state index is 12.0. The van der Waals surface area contributed by atoms with Gasteiger partial charge in [0.2, 0.25) is 0 Å². The lowest BCUT2D eigenvalue weighted by Crippen LogP contribution is -2.20. The fourth-order valence-corrected chi connectivity index (χ4v) is 1.86. The molecule has 0 radical (unpaired) electrons. The molecule has 0 spiro atoms. The number of amides is 2. The highest BCUT2D eigenvalue weighted by Gasteiger charge is 2.09. The lowest BCUT2D eigenvalue weighted by molar-refractivity contribution is 0.0954. The molecule has 2 amide bonds. The van der Waals surface area contributed by atoms with E-state index in [4.69, 9.17) is 0 Å². The monoisotopic (exact) mass is 330 g/mol. The predicted molar refractivity (Wildman–Crippen MR) is 97.4 cm³/mol. The molecule has 6 heteroatoms. The first-order valence-corrected chi connectivity index (χ1v) is 8.42. The Balaban J connectivity index is 2.55. The molecule has 24 heavy (non-hydrogen) atoms. The van der Waals surface area contributed by atoms with Gasteiger partial charge in [0.1, 0.15) is 0 Å². The van der Waals surface area contributed by atoms with Gasteiger partial charge in [-0.25, -0.2) is 10.9 Å². The maximum Gasteiger partial charge on any atom is 0.271 e. The molecule has 6 nitrogen and oxygen atoms in total. The van der Waals surface area contributed by atoms with Crippen molar-refractivity contribution >= 4 is 24.2 Å². The molecule has 0 atom stereocenters. The average molecular weight is 330 g/mol. The highest BCUT2D eigenvalue weighted by Crippen LogP contribution is 2.05. The van der Waals surface area contributed by atoms with Crippen molar-refractivity contribution in [3.8, 4) is 0 Å². The Morgan fingerprint density at radius 2 is 1.38 bits per heavy atom. The first-order valence-electron chi connectivity index (χ1n) is 8.42. The van der Waals surface area contributed by atoms with E-state index in [9.17, 15) is 9.59 Å². The van der Waals surface area contributed by atoms with E-state index in [-0.39, 0.29) is 11.8 Å². The van der Waals surface area contributed by atoms with Crippen LogP contribution in [0.25, 0.3) is 0 Å². The van der Waals surface area contributed by atoms with Crippen molar-refractivity contribution in [3.05, 3.63) is 35.4 Å². The summed E-state index contributed by atoms with van der Waals surface area (Å²) >= 11 is 0. The normalized spacial score (nSPS) is 11.1. The van der Waals surface area contributed by atoms with Gasteiger partial charge in [0.15, 0.2) is 0 Å². The number of hydrogen-bond acceptors (Lipinski definition) is 4. The smallest absolute Gasteiger partial charge is 0.267 e. The van der Waals surface area contributed by atoms with Gasteiger partial charge in [-0.05, 0) is 43.9 Å². The fourth-order valence-electron chi connectivity index (χ4n) is 1.86. The van der Waals surface area contributed by atoms with Crippen LogP contribution in [0.1, 0.15) is 73.1 Å². The minimum absolute atomic E-state index is 0.344. The second-order valence-electron chi connectivity index (χ2n) is 5.37. The molecule has 0 aromatic heterocycles. The Labute approximate surface area is 143 Å². The number of benzene rings is 1. The van der Waals surface area contributed by atoms with Crippen molar-refractivity contribution in [2.24, 2.45) is 10.2 Å². The summed E-state index contributed by atoms with van der Waals surface area (Å²) in [7, 11) is 0. The van der Waals surface area contributed by atoms with Crippen LogP contribution < -0.4 is 10.9 Å². The average Bonchev–Trinajstić information content (AvgIpc) is 2.61. The molecule has 1 rings (SSSR count). The van der Waals surface area contributed by atoms with Crippen LogP contribution in [-0.2, 0) is 0 Å². The number of hydrogen-bond donors (Lipinski definition) is 2. The molecule has 0 saturated carbocycles. The standard InChI is InChI=1S/C18H26N4O2/c1-3-5-7-12-19-21-17(23)15-10-9-11-16(14-15)18(24)22-20-13-8-6-4-2/h9-14H,3-8H2,1-2H3,(H,21,23)(H,22,24)/b19-12+,20-13+. The lowest BCUT2D eigenvalue weighted by atomic mass is 10.1. The Hall–Kier alpha value is -2.50. The topological polar surface area (TPSA) is 82.9 Å². The van der Waals surface area contributed by atoms with Gasteiger partial charge in [-0.3, -0.25) is 9.59 Å². The number of carbonyl (C=O) groups excluding carboxylic acids is 2. The summed E-state index contributed by atoms with van der Waals surface area (Å²) in [6.07, 6.45) is 9.26. The molecule has 1 aromatic carbocycles. The molecule has 0 saturated heterocycles. The van der Waals surface area contributed by atoms with Crippen molar-refractivity contribution in [2.75, 3.05) is 0 Å². The number of rotatable bonds is 10. The Bertz CT molecular complexity index is 535. The summed E-state index contributed by atoms with van der Waals surface area (Å²) in [5.74, 6) is -0.687. The van der Waals surface area contributed by atoms with E-state index in [1.54, 1.807) is 30.6 Å². The van der Waals surface area contributed by atoms with Crippen LogP contribution >= 0.6 is 0 Å². The van der Waals surface area contributed by atoms with Crippen molar-refractivity contribution in [1.29, 1.82) is 0 Å². The molecule has 0 unspecified atom stereocenters. The Morgan fingerprint density at radius 3 is 1.79 bits per heavy atom. The number of nitrogens with zero attached hydrogens (tertiary/aromatic N) is 2. The highest BCUT2D eigenvalue weighted by molar-refractivity contribution is 5.99. The van der Waals surface area contributed by atoms with E-state index in [1.807, 2.05) is 0 Å². The van der Waals surface area contributed by atoms with Crippen molar-refractivity contribution in [3.63, 3.8) is 0 Å². The Morgan fingerprint density at radius 1 is 0.917 bits per heavy atom. The first-order chi connectivity index (χ1) is 11.7. The summed E-state index contributed by atoms with van der Waals surface area (Å²) in [6.45, 7) is 4.19. The molecular weight excluding hydrogens is 304 g/mol. The van der Waals surface area contributed by atoms with E-state index < -0.39 is 0 Å². The van der Waals surface area contributed by atoms with Gasteiger partial charge in [0.25, 0.3) is 11.8 Å².